The Labute approximate surface area is 99.3 Å². The number of anilines is 1. The van der Waals surface area contributed by atoms with Gasteiger partial charge in [0.2, 0.25) is 5.95 Å². The number of aliphatic carboxylic acids is 1. The molecule has 0 aromatic carbocycles. The van der Waals surface area contributed by atoms with Crippen molar-refractivity contribution in [1.29, 1.82) is 0 Å². The van der Waals surface area contributed by atoms with Gasteiger partial charge in [-0.25, -0.2) is 9.97 Å². The molecule has 17 heavy (non-hydrogen) atoms. The van der Waals surface area contributed by atoms with Crippen LogP contribution in [-0.4, -0.2) is 27.1 Å². The highest BCUT2D eigenvalue weighted by molar-refractivity contribution is 5.75. The maximum atomic E-state index is 10.7. The van der Waals surface area contributed by atoms with Gasteiger partial charge in [-0.2, -0.15) is 0 Å². The molecule has 90 valence electrons. The molecule has 0 saturated heterocycles. The van der Waals surface area contributed by atoms with Crippen molar-refractivity contribution in [1.82, 2.24) is 9.97 Å². The average molecular weight is 233 g/mol. The topological polar surface area (TPSA) is 75.1 Å². The normalized spacial score (nSPS) is 27.3. The number of nitrogens with zero attached hydrogens (tertiary/aromatic N) is 2. The van der Waals surface area contributed by atoms with Crippen LogP contribution in [0.25, 0.3) is 0 Å². The van der Waals surface area contributed by atoms with Crippen LogP contribution in [0.5, 0.6) is 0 Å². The molecule has 1 heterocycles. The van der Waals surface area contributed by atoms with Crippen molar-refractivity contribution >= 4 is 11.9 Å². The Balaban J connectivity index is 1.59. The summed E-state index contributed by atoms with van der Waals surface area (Å²) in [5, 5.41) is 11.8. The molecule has 3 rings (SSSR count). The third-order valence-electron chi connectivity index (χ3n) is 3.67. The zero-order valence-electron chi connectivity index (χ0n) is 9.47. The van der Waals surface area contributed by atoms with Crippen LogP contribution in [0, 0.1) is 5.92 Å². The largest absolute Gasteiger partial charge is 0.481 e. The lowest BCUT2D eigenvalue weighted by Crippen LogP contribution is -2.13. The zero-order chi connectivity index (χ0) is 11.8. The summed E-state index contributed by atoms with van der Waals surface area (Å²) in [6, 6.07) is 0.00190. The van der Waals surface area contributed by atoms with E-state index in [1.807, 2.05) is 12.4 Å². The second-order valence-corrected chi connectivity index (χ2v) is 4.90. The molecule has 0 aliphatic heterocycles. The Morgan fingerprint density at radius 3 is 2.53 bits per heavy atom. The van der Waals surface area contributed by atoms with E-state index in [1.165, 1.54) is 24.8 Å². The summed E-state index contributed by atoms with van der Waals surface area (Å²) in [4.78, 5) is 19.2. The summed E-state index contributed by atoms with van der Waals surface area (Å²) >= 11 is 0. The molecule has 5 heteroatoms. The van der Waals surface area contributed by atoms with Crippen LogP contribution in [0.4, 0.5) is 5.95 Å². The summed E-state index contributed by atoms with van der Waals surface area (Å²) in [6.07, 6.45) is 8.16. The van der Waals surface area contributed by atoms with Crippen molar-refractivity contribution in [3.05, 3.63) is 18.0 Å². The lowest BCUT2D eigenvalue weighted by molar-refractivity contribution is -0.138. The molecular formula is C12H15N3O2. The number of hydrogen-bond acceptors (Lipinski definition) is 4. The molecular weight excluding hydrogens is 218 g/mol. The van der Waals surface area contributed by atoms with Crippen LogP contribution in [0.2, 0.25) is 0 Å². The molecule has 2 fully saturated rings. The van der Waals surface area contributed by atoms with Gasteiger partial charge in [-0.3, -0.25) is 4.79 Å². The molecule has 2 aliphatic carbocycles. The number of nitrogens with one attached hydrogen (secondary N) is 1. The molecule has 0 amide bonds. The van der Waals surface area contributed by atoms with Crippen molar-refractivity contribution in [2.24, 2.45) is 5.92 Å². The smallest absolute Gasteiger partial charge is 0.308 e. The van der Waals surface area contributed by atoms with Gasteiger partial charge in [0.15, 0.2) is 0 Å². The number of aromatic nitrogens is 2. The monoisotopic (exact) mass is 233 g/mol. The minimum absolute atomic E-state index is 0.00190. The second kappa shape index (κ2) is 3.98. The fourth-order valence-corrected chi connectivity index (χ4v) is 2.16. The van der Waals surface area contributed by atoms with E-state index in [0.717, 1.165) is 0 Å². The zero-order valence-corrected chi connectivity index (χ0v) is 9.47. The maximum absolute atomic E-state index is 10.7. The first-order valence-corrected chi connectivity index (χ1v) is 6.05. The van der Waals surface area contributed by atoms with E-state index in [4.69, 9.17) is 5.11 Å². The SMILES string of the molecule is O=C(O)C1CC1Nc1ncc(C2CCC2)cn1. The molecule has 2 aliphatic rings. The molecule has 2 atom stereocenters. The van der Waals surface area contributed by atoms with Crippen LogP contribution in [0.3, 0.4) is 0 Å². The molecule has 2 N–H and O–H groups in total. The van der Waals surface area contributed by atoms with E-state index < -0.39 is 5.97 Å². The lowest BCUT2D eigenvalue weighted by Gasteiger charge is -2.24. The second-order valence-electron chi connectivity index (χ2n) is 4.90. The Kier molecular flexibility index (Phi) is 2.46. The molecule has 2 unspecified atom stereocenters. The first-order chi connectivity index (χ1) is 8.24. The van der Waals surface area contributed by atoms with Gasteiger partial charge < -0.3 is 10.4 Å². The van der Waals surface area contributed by atoms with Gasteiger partial charge in [0.25, 0.3) is 0 Å². The molecule has 5 nitrogen and oxygen atoms in total. The predicted octanol–water partition coefficient (Wildman–Crippen LogP) is 1.63. The fourth-order valence-electron chi connectivity index (χ4n) is 2.16. The Hall–Kier alpha value is -1.65. The number of carbonyl (C=O) groups is 1. The molecule has 1 aromatic heterocycles. The van der Waals surface area contributed by atoms with Gasteiger partial charge in [0, 0.05) is 18.4 Å². The van der Waals surface area contributed by atoms with Gasteiger partial charge in [-0.1, -0.05) is 6.42 Å². The van der Waals surface area contributed by atoms with E-state index in [1.54, 1.807) is 0 Å². The van der Waals surface area contributed by atoms with Crippen molar-refractivity contribution in [3.8, 4) is 0 Å². The van der Waals surface area contributed by atoms with E-state index in [9.17, 15) is 4.79 Å². The lowest BCUT2D eigenvalue weighted by atomic mass is 9.81. The van der Waals surface area contributed by atoms with Crippen LogP contribution in [0.15, 0.2) is 12.4 Å². The highest BCUT2D eigenvalue weighted by atomic mass is 16.4. The van der Waals surface area contributed by atoms with Crippen molar-refractivity contribution < 1.29 is 9.90 Å². The Morgan fingerprint density at radius 2 is 2.06 bits per heavy atom. The average Bonchev–Trinajstić information content (AvgIpc) is 2.98. The van der Waals surface area contributed by atoms with E-state index in [0.29, 0.717) is 18.3 Å². The van der Waals surface area contributed by atoms with Crippen molar-refractivity contribution in [2.75, 3.05) is 5.32 Å². The third kappa shape index (κ3) is 2.09. The van der Waals surface area contributed by atoms with Crippen LogP contribution in [0.1, 0.15) is 37.2 Å². The summed E-state index contributed by atoms with van der Waals surface area (Å²) in [6.45, 7) is 0. The Bertz CT molecular complexity index is 428. The fraction of sp³-hybridized carbons (Fsp3) is 0.583. The molecule has 0 radical (unpaired) electrons. The van der Waals surface area contributed by atoms with Crippen LogP contribution < -0.4 is 5.32 Å². The standard InChI is InChI=1S/C12H15N3O2/c16-11(17)9-4-10(9)15-12-13-5-8(6-14-12)7-2-1-3-7/h5-7,9-10H,1-4H2,(H,16,17)(H,13,14,15). The number of hydrogen-bond donors (Lipinski definition) is 2. The minimum Gasteiger partial charge on any atom is -0.481 e. The summed E-state index contributed by atoms with van der Waals surface area (Å²) in [5.74, 6) is 0.164. The van der Waals surface area contributed by atoms with E-state index in [-0.39, 0.29) is 12.0 Å². The summed E-state index contributed by atoms with van der Waals surface area (Å²) in [7, 11) is 0. The van der Waals surface area contributed by atoms with Gasteiger partial charge in [-0.05, 0) is 30.7 Å². The van der Waals surface area contributed by atoms with Crippen LogP contribution >= 0.6 is 0 Å². The van der Waals surface area contributed by atoms with Gasteiger partial charge in [0.1, 0.15) is 0 Å². The summed E-state index contributed by atoms with van der Waals surface area (Å²) < 4.78 is 0. The first-order valence-electron chi connectivity index (χ1n) is 6.05. The minimum atomic E-state index is -0.742. The van der Waals surface area contributed by atoms with E-state index in [2.05, 4.69) is 15.3 Å². The van der Waals surface area contributed by atoms with Gasteiger partial charge in [0.05, 0.1) is 5.92 Å². The predicted molar refractivity (Wildman–Crippen MR) is 61.8 cm³/mol. The third-order valence-corrected chi connectivity index (χ3v) is 3.67. The maximum Gasteiger partial charge on any atom is 0.308 e. The number of carboxylic acids is 1. The van der Waals surface area contributed by atoms with Crippen molar-refractivity contribution in [3.63, 3.8) is 0 Å². The number of rotatable bonds is 4. The van der Waals surface area contributed by atoms with Gasteiger partial charge in [-0.15, -0.1) is 0 Å². The van der Waals surface area contributed by atoms with Gasteiger partial charge >= 0.3 is 5.97 Å². The Morgan fingerprint density at radius 1 is 1.35 bits per heavy atom. The highest BCUT2D eigenvalue weighted by Gasteiger charge is 2.43. The van der Waals surface area contributed by atoms with Crippen molar-refractivity contribution in [2.45, 2.75) is 37.6 Å². The highest BCUT2D eigenvalue weighted by Crippen LogP contribution is 2.36. The van der Waals surface area contributed by atoms with Crippen LogP contribution in [-0.2, 0) is 4.79 Å². The summed E-state index contributed by atoms with van der Waals surface area (Å²) in [5.41, 5.74) is 1.20. The number of carboxylic acid groups (broad SMARTS) is 1. The molecule has 0 bridgehead atoms. The molecule has 2 saturated carbocycles. The van der Waals surface area contributed by atoms with E-state index >= 15 is 0 Å². The quantitative estimate of drug-likeness (QED) is 0.826. The molecule has 0 spiro atoms. The first kappa shape index (κ1) is 10.5. The molecule has 1 aromatic rings.